The third-order valence-electron chi connectivity index (χ3n) is 3.23. The second-order valence-electron chi connectivity index (χ2n) is 4.62. The van der Waals surface area contributed by atoms with E-state index in [9.17, 15) is 4.79 Å². The minimum Gasteiger partial charge on any atom is -0.495 e. The molecule has 1 aliphatic heterocycles. The number of benzene rings is 1. The van der Waals surface area contributed by atoms with Crippen molar-refractivity contribution in [2.75, 3.05) is 31.8 Å². The molecule has 1 aromatic rings. The number of hydrogen-bond donors (Lipinski definition) is 1. The van der Waals surface area contributed by atoms with Gasteiger partial charge in [0.1, 0.15) is 12.4 Å². The van der Waals surface area contributed by atoms with E-state index >= 15 is 0 Å². The predicted molar refractivity (Wildman–Crippen MR) is 71.5 cm³/mol. The molecular weight excluding hydrogens is 246 g/mol. The molecule has 1 aromatic carbocycles. The lowest BCUT2D eigenvalue weighted by atomic mass is 10.1. The molecule has 1 saturated heterocycles. The lowest BCUT2D eigenvalue weighted by Crippen LogP contribution is -2.50. The largest absolute Gasteiger partial charge is 0.495 e. The Kier molecular flexibility index (Phi) is 4.39. The summed E-state index contributed by atoms with van der Waals surface area (Å²) in [6.45, 7) is 2.49. The summed E-state index contributed by atoms with van der Waals surface area (Å²) in [5.74, 6) is 0.553. The molecular formula is C14H19NO4. The van der Waals surface area contributed by atoms with Crippen molar-refractivity contribution in [2.24, 2.45) is 0 Å². The van der Waals surface area contributed by atoms with E-state index in [1.165, 1.54) is 0 Å². The lowest BCUT2D eigenvalue weighted by molar-refractivity contribution is -0.127. The Balaban J connectivity index is 2.40. The quantitative estimate of drug-likeness (QED) is 0.886. The molecule has 1 heterocycles. The van der Waals surface area contributed by atoms with Gasteiger partial charge in [0.15, 0.2) is 0 Å². The van der Waals surface area contributed by atoms with Gasteiger partial charge < -0.3 is 19.5 Å². The van der Waals surface area contributed by atoms with Crippen molar-refractivity contribution in [1.29, 1.82) is 0 Å². The maximum Gasteiger partial charge on any atom is 0.253 e. The number of rotatable bonds is 4. The molecule has 0 aromatic heterocycles. The fourth-order valence-electron chi connectivity index (χ4n) is 2.31. The summed E-state index contributed by atoms with van der Waals surface area (Å²) in [4.78, 5) is 13.8. The Morgan fingerprint density at radius 1 is 1.53 bits per heavy atom. The highest BCUT2D eigenvalue weighted by Crippen LogP contribution is 2.32. The highest BCUT2D eigenvalue weighted by atomic mass is 16.5. The van der Waals surface area contributed by atoms with Crippen LogP contribution in [0.2, 0.25) is 0 Å². The van der Waals surface area contributed by atoms with E-state index in [1.807, 2.05) is 25.1 Å². The molecule has 1 fully saturated rings. The van der Waals surface area contributed by atoms with Crippen molar-refractivity contribution in [2.45, 2.75) is 19.4 Å². The molecule has 5 nitrogen and oxygen atoms in total. The first-order valence-electron chi connectivity index (χ1n) is 6.32. The molecule has 1 aliphatic rings. The number of morpholine rings is 1. The normalized spacial score (nSPS) is 19.6. The SMILES string of the molecule is COc1ccc(C)cc1N1C(=O)COCC1CCO. The number of aliphatic hydroxyl groups is 1. The number of aliphatic hydroxyl groups excluding tert-OH is 1. The van der Waals surface area contributed by atoms with Crippen molar-refractivity contribution in [3.05, 3.63) is 23.8 Å². The topological polar surface area (TPSA) is 59.0 Å². The zero-order chi connectivity index (χ0) is 13.8. The minimum atomic E-state index is -0.151. The third-order valence-corrected chi connectivity index (χ3v) is 3.23. The highest BCUT2D eigenvalue weighted by Gasteiger charge is 2.31. The van der Waals surface area contributed by atoms with Crippen LogP contribution in [0.1, 0.15) is 12.0 Å². The molecule has 104 valence electrons. The van der Waals surface area contributed by atoms with Crippen LogP contribution in [-0.4, -0.2) is 44.0 Å². The molecule has 1 N–H and O–H groups in total. The first-order valence-corrected chi connectivity index (χ1v) is 6.32. The Morgan fingerprint density at radius 2 is 2.32 bits per heavy atom. The molecule has 1 unspecified atom stereocenters. The Hall–Kier alpha value is -1.59. The fourth-order valence-corrected chi connectivity index (χ4v) is 2.31. The number of amides is 1. The Bertz CT molecular complexity index is 459. The molecule has 19 heavy (non-hydrogen) atoms. The lowest BCUT2D eigenvalue weighted by Gasteiger charge is -2.36. The van der Waals surface area contributed by atoms with Gasteiger partial charge >= 0.3 is 0 Å². The number of anilines is 1. The van der Waals surface area contributed by atoms with Gasteiger partial charge in [0, 0.05) is 6.61 Å². The minimum absolute atomic E-state index is 0.0198. The van der Waals surface area contributed by atoms with Gasteiger partial charge in [-0.2, -0.15) is 0 Å². The average Bonchev–Trinajstić information content (AvgIpc) is 2.39. The van der Waals surface area contributed by atoms with Crippen molar-refractivity contribution in [3.63, 3.8) is 0 Å². The zero-order valence-electron chi connectivity index (χ0n) is 11.3. The van der Waals surface area contributed by atoms with Gasteiger partial charge in [0.05, 0.1) is 25.4 Å². The van der Waals surface area contributed by atoms with Gasteiger partial charge in [-0.05, 0) is 31.0 Å². The summed E-state index contributed by atoms with van der Waals surface area (Å²) >= 11 is 0. The van der Waals surface area contributed by atoms with Crippen LogP contribution in [-0.2, 0) is 9.53 Å². The molecule has 2 rings (SSSR count). The number of hydrogen-bond acceptors (Lipinski definition) is 4. The third kappa shape index (κ3) is 2.88. The van der Waals surface area contributed by atoms with Crippen LogP contribution in [0, 0.1) is 6.92 Å². The zero-order valence-corrected chi connectivity index (χ0v) is 11.3. The van der Waals surface area contributed by atoms with Gasteiger partial charge in [0.2, 0.25) is 0 Å². The maximum atomic E-state index is 12.1. The van der Waals surface area contributed by atoms with E-state index in [-0.39, 0.29) is 25.2 Å². The van der Waals surface area contributed by atoms with E-state index in [4.69, 9.17) is 14.6 Å². The fraction of sp³-hybridized carbons (Fsp3) is 0.500. The number of nitrogens with zero attached hydrogens (tertiary/aromatic N) is 1. The van der Waals surface area contributed by atoms with E-state index in [1.54, 1.807) is 12.0 Å². The molecule has 1 amide bonds. The number of carbonyl (C=O) groups is 1. The molecule has 5 heteroatoms. The van der Waals surface area contributed by atoms with Crippen molar-refractivity contribution < 1.29 is 19.4 Å². The first-order chi connectivity index (χ1) is 9.17. The number of methoxy groups -OCH3 is 1. The first kappa shape index (κ1) is 13.8. The molecule has 0 radical (unpaired) electrons. The number of carbonyl (C=O) groups excluding carboxylic acids is 1. The van der Waals surface area contributed by atoms with Gasteiger partial charge in [-0.25, -0.2) is 0 Å². The summed E-state index contributed by atoms with van der Waals surface area (Å²) < 4.78 is 10.6. The van der Waals surface area contributed by atoms with Crippen LogP contribution in [0.5, 0.6) is 5.75 Å². The van der Waals surface area contributed by atoms with Crippen molar-refractivity contribution >= 4 is 11.6 Å². The summed E-state index contributed by atoms with van der Waals surface area (Å²) in [5, 5.41) is 9.13. The predicted octanol–water partition coefficient (Wildman–Crippen LogP) is 1.12. The Labute approximate surface area is 112 Å². The number of aryl methyl sites for hydroxylation is 1. The van der Waals surface area contributed by atoms with Gasteiger partial charge in [-0.15, -0.1) is 0 Å². The van der Waals surface area contributed by atoms with Crippen molar-refractivity contribution in [3.8, 4) is 5.75 Å². The maximum absolute atomic E-state index is 12.1. The van der Waals surface area contributed by atoms with Gasteiger partial charge in [-0.1, -0.05) is 6.07 Å². The van der Waals surface area contributed by atoms with Crippen LogP contribution >= 0.6 is 0 Å². The second kappa shape index (κ2) is 6.04. The van der Waals surface area contributed by atoms with Crippen LogP contribution in [0.3, 0.4) is 0 Å². The molecule has 0 aliphatic carbocycles. The van der Waals surface area contributed by atoms with E-state index in [0.29, 0.717) is 18.8 Å². The van der Waals surface area contributed by atoms with Gasteiger partial charge in [-0.3, -0.25) is 4.79 Å². The summed E-state index contributed by atoms with van der Waals surface area (Å²) in [6, 6.07) is 5.56. The standard InChI is InChI=1S/C14H19NO4/c1-10-3-4-13(18-2)12(7-10)15-11(5-6-16)8-19-9-14(15)17/h3-4,7,11,16H,5-6,8-9H2,1-2H3. The van der Waals surface area contributed by atoms with Crippen molar-refractivity contribution in [1.82, 2.24) is 0 Å². The smallest absolute Gasteiger partial charge is 0.253 e. The Morgan fingerprint density at radius 3 is 3.00 bits per heavy atom. The van der Waals surface area contributed by atoms with Gasteiger partial charge in [0.25, 0.3) is 5.91 Å². The average molecular weight is 265 g/mol. The molecule has 1 atom stereocenters. The van der Waals surface area contributed by atoms with Crippen LogP contribution in [0.15, 0.2) is 18.2 Å². The number of ether oxygens (including phenoxy) is 2. The van der Waals surface area contributed by atoms with E-state index in [0.717, 1.165) is 11.3 Å². The van der Waals surface area contributed by atoms with E-state index < -0.39 is 0 Å². The molecule has 0 spiro atoms. The summed E-state index contributed by atoms with van der Waals surface area (Å²) in [7, 11) is 1.58. The second-order valence-corrected chi connectivity index (χ2v) is 4.62. The van der Waals surface area contributed by atoms with Crippen LogP contribution < -0.4 is 9.64 Å². The van der Waals surface area contributed by atoms with Crippen LogP contribution in [0.4, 0.5) is 5.69 Å². The molecule has 0 saturated carbocycles. The summed E-state index contributed by atoms with van der Waals surface area (Å²) in [5.41, 5.74) is 1.80. The monoisotopic (exact) mass is 265 g/mol. The highest BCUT2D eigenvalue weighted by molar-refractivity contribution is 5.97. The summed E-state index contributed by atoms with van der Waals surface area (Å²) in [6.07, 6.45) is 0.489. The van der Waals surface area contributed by atoms with Crippen LogP contribution in [0.25, 0.3) is 0 Å². The molecule has 0 bridgehead atoms. The van der Waals surface area contributed by atoms with E-state index in [2.05, 4.69) is 0 Å².